The van der Waals surface area contributed by atoms with Crippen LogP contribution in [0.3, 0.4) is 0 Å². The van der Waals surface area contributed by atoms with Gasteiger partial charge in [0.2, 0.25) is 5.91 Å². The van der Waals surface area contributed by atoms with Crippen LogP contribution in [0.2, 0.25) is 0 Å². The molecule has 0 aliphatic carbocycles. The van der Waals surface area contributed by atoms with Crippen molar-refractivity contribution in [3.05, 3.63) is 59.9 Å². The van der Waals surface area contributed by atoms with Gasteiger partial charge in [0.15, 0.2) is 0 Å². The third-order valence-corrected chi connectivity index (χ3v) is 2.68. The molecule has 2 N–H and O–H groups in total. The minimum atomic E-state index is -0.0523. The van der Waals surface area contributed by atoms with E-state index >= 15 is 0 Å². The molecule has 0 aliphatic heterocycles. The van der Waals surface area contributed by atoms with Crippen LogP contribution in [-0.2, 0) is 17.9 Å². The van der Waals surface area contributed by atoms with Gasteiger partial charge in [0, 0.05) is 38.1 Å². The zero-order valence-corrected chi connectivity index (χ0v) is 10.9. The first-order valence-electron chi connectivity index (χ1n) is 6.20. The van der Waals surface area contributed by atoms with Crippen LogP contribution in [0.25, 0.3) is 0 Å². The molecule has 98 valence electrons. The number of pyridine rings is 1. The van der Waals surface area contributed by atoms with Crippen molar-refractivity contribution in [2.24, 2.45) is 0 Å². The Balaban J connectivity index is 1.81. The lowest BCUT2D eigenvalue weighted by atomic mass is 10.2. The van der Waals surface area contributed by atoms with Crippen LogP contribution in [0.4, 0.5) is 5.69 Å². The minimum absolute atomic E-state index is 0.0523. The van der Waals surface area contributed by atoms with Gasteiger partial charge in [-0.15, -0.1) is 0 Å². The molecule has 0 fully saturated rings. The Morgan fingerprint density at radius 2 is 1.58 bits per heavy atom. The second-order valence-corrected chi connectivity index (χ2v) is 4.34. The van der Waals surface area contributed by atoms with E-state index in [1.807, 2.05) is 36.4 Å². The zero-order chi connectivity index (χ0) is 13.5. The third-order valence-electron chi connectivity index (χ3n) is 2.68. The number of benzene rings is 1. The van der Waals surface area contributed by atoms with Crippen molar-refractivity contribution < 1.29 is 4.79 Å². The molecule has 1 aromatic carbocycles. The molecule has 0 unspecified atom stereocenters. The highest BCUT2D eigenvalue weighted by atomic mass is 16.1. The Bertz CT molecular complexity index is 523. The summed E-state index contributed by atoms with van der Waals surface area (Å²) < 4.78 is 0. The smallest absolute Gasteiger partial charge is 0.221 e. The highest BCUT2D eigenvalue weighted by Gasteiger charge is 1.97. The van der Waals surface area contributed by atoms with Gasteiger partial charge in [-0.2, -0.15) is 0 Å². The van der Waals surface area contributed by atoms with E-state index in [2.05, 4.69) is 15.6 Å². The Hall–Kier alpha value is -2.20. The highest BCUT2D eigenvalue weighted by molar-refractivity contribution is 5.88. The van der Waals surface area contributed by atoms with E-state index in [1.54, 1.807) is 12.4 Å². The van der Waals surface area contributed by atoms with E-state index < -0.39 is 0 Å². The largest absolute Gasteiger partial charge is 0.326 e. The van der Waals surface area contributed by atoms with Crippen molar-refractivity contribution in [2.75, 3.05) is 5.32 Å². The lowest BCUT2D eigenvalue weighted by Crippen LogP contribution is -2.12. The minimum Gasteiger partial charge on any atom is -0.326 e. The molecule has 1 amide bonds. The topological polar surface area (TPSA) is 54.0 Å². The predicted octanol–water partition coefficient (Wildman–Crippen LogP) is 2.33. The number of hydrogen-bond acceptors (Lipinski definition) is 3. The second kappa shape index (κ2) is 6.66. The fourth-order valence-corrected chi connectivity index (χ4v) is 1.76. The summed E-state index contributed by atoms with van der Waals surface area (Å²) in [6.07, 6.45) is 3.58. The number of hydrogen-bond donors (Lipinski definition) is 2. The molecule has 0 spiro atoms. The first-order valence-corrected chi connectivity index (χ1v) is 6.20. The molecule has 2 rings (SSSR count). The number of nitrogens with one attached hydrogen (secondary N) is 2. The summed E-state index contributed by atoms with van der Waals surface area (Å²) in [6.45, 7) is 3.11. The maximum Gasteiger partial charge on any atom is 0.221 e. The zero-order valence-electron chi connectivity index (χ0n) is 10.9. The molecule has 4 nitrogen and oxygen atoms in total. The number of aromatic nitrogens is 1. The molecule has 1 aromatic heterocycles. The van der Waals surface area contributed by atoms with Crippen molar-refractivity contribution in [1.82, 2.24) is 10.3 Å². The predicted molar refractivity (Wildman–Crippen MR) is 75.5 cm³/mol. The normalized spacial score (nSPS) is 10.2. The van der Waals surface area contributed by atoms with Gasteiger partial charge in [0.25, 0.3) is 0 Å². The molecular weight excluding hydrogens is 238 g/mol. The maximum absolute atomic E-state index is 10.9. The lowest BCUT2D eigenvalue weighted by molar-refractivity contribution is -0.114. The SMILES string of the molecule is CC(=O)Nc1ccc(CNCc2ccncc2)cc1. The van der Waals surface area contributed by atoms with Gasteiger partial charge in [-0.05, 0) is 35.4 Å². The summed E-state index contributed by atoms with van der Waals surface area (Å²) in [5.74, 6) is -0.0523. The number of amides is 1. The molecule has 4 heteroatoms. The molecule has 0 saturated carbocycles. The van der Waals surface area contributed by atoms with Crippen molar-refractivity contribution in [1.29, 1.82) is 0 Å². The molecular formula is C15H17N3O. The molecule has 19 heavy (non-hydrogen) atoms. The Morgan fingerprint density at radius 1 is 1.00 bits per heavy atom. The molecule has 0 radical (unpaired) electrons. The summed E-state index contributed by atoms with van der Waals surface area (Å²) in [5.41, 5.74) is 3.22. The van der Waals surface area contributed by atoms with E-state index in [-0.39, 0.29) is 5.91 Å². The van der Waals surface area contributed by atoms with E-state index in [9.17, 15) is 4.79 Å². The fourth-order valence-electron chi connectivity index (χ4n) is 1.76. The first-order chi connectivity index (χ1) is 9.24. The van der Waals surface area contributed by atoms with Crippen LogP contribution in [0.15, 0.2) is 48.8 Å². The number of anilines is 1. The summed E-state index contributed by atoms with van der Waals surface area (Å²) in [4.78, 5) is 14.9. The van der Waals surface area contributed by atoms with E-state index in [0.29, 0.717) is 0 Å². The average molecular weight is 255 g/mol. The maximum atomic E-state index is 10.9. The summed E-state index contributed by atoms with van der Waals surface area (Å²) in [5, 5.41) is 6.11. The molecule has 0 bridgehead atoms. The third kappa shape index (κ3) is 4.52. The van der Waals surface area contributed by atoms with Crippen molar-refractivity contribution in [2.45, 2.75) is 20.0 Å². The van der Waals surface area contributed by atoms with Crippen LogP contribution in [0.1, 0.15) is 18.1 Å². The number of carbonyl (C=O) groups is 1. The van der Waals surface area contributed by atoms with Crippen molar-refractivity contribution in [3.8, 4) is 0 Å². The Kier molecular flexibility index (Phi) is 4.64. The second-order valence-electron chi connectivity index (χ2n) is 4.34. The monoisotopic (exact) mass is 255 g/mol. The quantitative estimate of drug-likeness (QED) is 0.862. The average Bonchev–Trinajstić information content (AvgIpc) is 2.41. The number of rotatable bonds is 5. The van der Waals surface area contributed by atoms with Crippen LogP contribution in [0, 0.1) is 0 Å². The highest BCUT2D eigenvalue weighted by Crippen LogP contribution is 2.09. The van der Waals surface area contributed by atoms with Gasteiger partial charge >= 0.3 is 0 Å². The van der Waals surface area contributed by atoms with Crippen molar-refractivity contribution in [3.63, 3.8) is 0 Å². The van der Waals surface area contributed by atoms with Crippen LogP contribution < -0.4 is 10.6 Å². The van der Waals surface area contributed by atoms with Crippen LogP contribution in [0.5, 0.6) is 0 Å². The van der Waals surface area contributed by atoms with Crippen molar-refractivity contribution >= 4 is 11.6 Å². The molecule has 0 aliphatic rings. The Labute approximate surface area is 112 Å². The standard InChI is InChI=1S/C15H17N3O/c1-12(19)18-15-4-2-13(3-5-15)10-17-11-14-6-8-16-9-7-14/h2-9,17H,10-11H2,1H3,(H,18,19). The molecule has 1 heterocycles. The van der Waals surface area contributed by atoms with Gasteiger partial charge in [-0.25, -0.2) is 0 Å². The summed E-state index contributed by atoms with van der Waals surface area (Å²) >= 11 is 0. The van der Waals surface area contributed by atoms with Gasteiger partial charge in [0.05, 0.1) is 0 Å². The lowest BCUT2D eigenvalue weighted by Gasteiger charge is -2.06. The Morgan fingerprint density at radius 3 is 2.16 bits per heavy atom. The van der Waals surface area contributed by atoms with Crippen LogP contribution in [-0.4, -0.2) is 10.9 Å². The van der Waals surface area contributed by atoms with E-state index in [0.717, 1.165) is 18.8 Å². The molecule has 0 saturated heterocycles. The van der Waals surface area contributed by atoms with E-state index in [4.69, 9.17) is 0 Å². The van der Waals surface area contributed by atoms with Gasteiger partial charge < -0.3 is 10.6 Å². The number of nitrogens with zero attached hydrogens (tertiary/aromatic N) is 1. The summed E-state index contributed by atoms with van der Waals surface area (Å²) in [6, 6.07) is 11.8. The molecule has 2 aromatic rings. The van der Waals surface area contributed by atoms with E-state index in [1.165, 1.54) is 18.1 Å². The van der Waals surface area contributed by atoms with Gasteiger partial charge in [0.1, 0.15) is 0 Å². The van der Waals surface area contributed by atoms with Gasteiger partial charge in [-0.3, -0.25) is 9.78 Å². The molecule has 0 atom stereocenters. The first kappa shape index (κ1) is 13.2. The van der Waals surface area contributed by atoms with Gasteiger partial charge in [-0.1, -0.05) is 12.1 Å². The van der Waals surface area contributed by atoms with Crippen LogP contribution >= 0.6 is 0 Å². The number of carbonyl (C=O) groups excluding carboxylic acids is 1. The summed E-state index contributed by atoms with van der Waals surface area (Å²) in [7, 11) is 0. The fraction of sp³-hybridized carbons (Fsp3) is 0.200.